The lowest BCUT2D eigenvalue weighted by molar-refractivity contribution is -0.00299. The number of hydrogen-bond acceptors (Lipinski definition) is 5. The summed E-state index contributed by atoms with van der Waals surface area (Å²) in [5.74, 6) is -0.0634. The van der Waals surface area contributed by atoms with Crippen molar-refractivity contribution in [2.75, 3.05) is 39.3 Å². The molecule has 0 spiro atoms. The maximum absolute atomic E-state index is 12.7. The molecule has 0 N–H and O–H groups in total. The van der Waals surface area contributed by atoms with Crippen LogP contribution in [0.25, 0.3) is 0 Å². The monoisotopic (exact) mass is 387 g/mol. The molecule has 4 rings (SSSR count). The van der Waals surface area contributed by atoms with Crippen molar-refractivity contribution in [3.8, 4) is 0 Å². The molecule has 1 aromatic heterocycles. The molecule has 3 aliphatic rings. The van der Waals surface area contributed by atoms with Crippen molar-refractivity contribution in [3.63, 3.8) is 0 Å². The lowest BCUT2D eigenvalue weighted by Gasteiger charge is -2.49. The van der Waals surface area contributed by atoms with E-state index in [1.54, 1.807) is 6.07 Å². The van der Waals surface area contributed by atoms with E-state index in [1.807, 2.05) is 18.7 Å². The number of piperazine rings is 1. The Bertz CT molecular complexity index is 741. The quantitative estimate of drug-likeness (QED) is 0.785. The van der Waals surface area contributed by atoms with Gasteiger partial charge in [-0.15, -0.1) is 0 Å². The van der Waals surface area contributed by atoms with Crippen LogP contribution in [0, 0.1) is 0 Å². The van der Waals surface area contributed by atoms with Crippen LogP contribution in [0.15, 0.2) is 16.9 Å². The Labute approximate surface area is 167 Å². The Morgan fingerprint density at radius 1 is 0.964 bits per heavy atom. The molecular formula is C21H33N5O2. The molecule has 0 atom stereocenters. The third-order valence-electron chi connectivity index (χ3n) is 6.64. The summed E-state index contributed by atoms with van der Waals surface area (Å²) in [5, 5.41) is 4.27. The van der Waals surface area contributed by atoms with Crippen molar-refractivity contribution in [3.05, 3.63) is 28.2 Å². The molecule has 154 valence electrons. The van der Waals surface area contributed by atoms with Gasteiger partial charge in [-0.3, -0.25) is 19.4 Å². The minimum absolute atomic E-state index is 0.0511. The highest BCUT2D eigenvalue weighted by Crippen LogP contribution is 2.25. The normalized spacial score (nSPS) is 23.2. The van der Waals surface area contributed by atoms with E-state index >= 15 is 0 Å². The van der Waals surface area contributed by atoms with Gasteiger partial charge in [0.05, 0.1) is 6.04 Å². The average Bonchev–Trinajstić information content (AvgIpc) is 2.68. The van der Waals surface area contributed by atoms with E-state index in [-0.39, 0.29) is 17.5 Å². The first-order valence-corrected chi connectivity index (χ1v) is 10.9. The van der Waals surface area contributed by atoms with Gasteiger partial charge in [0.1, 0.15) is 5.69 Å². The van der Waals surface area contributed by atoms with E-state index in [1.165, 1.54) is 42.9 Å². The second-order valence-electron chi connectivity index (χ2n) is 8.82. The van der Waals surface area contributed by atoms with Crippen LogP contribution in [0.5, 0.6) is 0 Å². The third-order valence-corrected chi connectivity index (χ3v) is 6.64. The Balaban J connectivity index is 1.27. The molecule has 1 saturated carbocycles. The second kappa shape index (κ2) is 8.33. The molecule has 3 fully saturated rings. The van der Waals surface area contributed by atoms with Gasteiger partial charge < -0.3 is 4.90 Å². The fourth-order valence-corrected chi connectivity index (χ4v) is 4.84. The first-order chi connectivity index (χ1) is 13.5. The van der Waals surface area contributed by atoms with Crippen LogP contribution < -0.4 is 5.56 Å². The Kier molecular flexibility index (Phi) is 5.83. The maximum Gasteiger partial charge on any atom is 0.274 e. The first kappa shape index (κ1) is 19.6. The minimum atomic E-state index is -0.163. The molecule has 1 amide bonds. The highest BCUT2D eigenvalue weighted by Gasteiger charge is 2.37. The summed E-state index contributed by atoms with van der Waals surface area (Å²) in [7, 11) is 0. The predicted molar refractivity (Wildman–Crippen MR) is 109 cm³/mol. The van der Waals surface area contributed by atoms with Crippen LogP contribution >= 0.6 is 0 Å². The number of nitrogens with zero attached hydrogens (tertiary/aromatic N) is 5. The Morgan fingerprint density at radius 3 is 2.18 bits per heavy atom. The van der Waals surface area contributed by atoms with E-state index in [9.17, 15) is 9.59 Å². The van der Waals surface area contributed by atoms with Crippen molar-refractivity contribution in [2.24, 2.45) is 0 Å². The van der Waals surface area contributed by atoms with Crippen LogP contribution in [-0.2, 0) is 0 Å². The summed E-state index contributed by atoms with van der Waals surface area (Å²) in [4.78, 5) is 31.7. The lowest BCUT2D eigenvalue weighted by Crippen LogP contribution is -2.64. The highest BCUT2D eigenvalue weighted by molar-refractivity contribution is 5.92. The van der Waals surface area contributed by atoms with Gasteiger partial charge in [-0.1, -0.05) is 19.3 Å². The van der Waals surface area contributed by atoms with Gasteiger partial charge in [0.2, 0.25) is 0 Å². The van der Waals surface area contributed by atoms with E-state index in [4.69, 9.17) is 0 Å². The summed E-state index contributed by atoms with van der Waals surface area (Å²) >= 11 is 0. The lowest BCUT2D eigenvalue weighted by atomic mass is 9.93. The van der Waals surface area contributed by atoms with E-state index in [0.717, 1.165) is 45.3 Å². The molecule has 7 nitrogen and oxygen atoms in total. The molecule has 0 unspecified atom stereocenters. The van der Waals surface area contributed by atoms with Crippen LogP contribution in [0.4, 0.5) is 0 Å². The molecule has 0 bridgehead atoms. The van der Waals surface area contributed by atoms with Crippen LogP contribution in [-0.4, -0.2) is 81.7 Å². The molecule has 0 aromatic carbocycles. The number of amides is 1. The van der Waals surface area contributed by atoms with Crippen molar-refractivity contribution < 1.29 is 4.79 Å². The van der Waals surface area contributed by atoms with Gasteiger partial charge in [-0.25, -0.2) is 4.68 Å². The first-order valence-electron chi connectivity index (χ1n) is 10.9. The summed E-state index contributed by atoms with van der Waals surface area (Å²) < 4.78 is 1.38. The summed E-state index contributed by atoms with van der Waals surface area (Å²) in [6, 6.07) is 4.22. The molecule has 2 aliphatic heterocycles. The molecule has 1 aromatic rings. The molecule has 28 heavy (non-hydrogen) atoms. The second-order valence-corrected chi connectivity index (χ2v) is 8.82. The number of aromatic nitrogens is 2. The van der Waals surface area contributed by atoms with E-state index < -0.39 is 0 Å². The van der Waals surface area contributed by atoms with Gasteiger partial charge in [-0.2, -0.15) is 5.10 Å². The average molecular weight is 388 g/mol. The predicted octanol–water partition coefficient (Wildman–Crippen LogP) is 1.60. The van der Waals surface area contributed by atoms with Crippen LogP contribution in [0.1, 0.15) is 62.5 Å². The van der Waals surface area contributed by atoms with E-state index in [2.05, 4.69) is 14.9 Å². The summed E-state index contributed by atoms with van der Waals surface area (Å²) in [5.41, 5.74) is 0.206. The van der Waals surface area contributed by atoms with Gasteiger partial charge in [0, 0.05) is 57.4 Å². The topological polar surface area (TPSA) is 61.7 Å². The van der Waals surface area contributed by atoms with Crippen molar-refractivity contribution >= 4 is 5.91 Å². The molecular weight excluding hydrogens is 354 g/mol. The molecule has 3 heterocycles. The Hall–Kier alpha value is -1.73. The summed E-state index contributed by atoms with van der Waals surface area (Å²) in [6.07, 6.45) is 6.94. The maximum atomic E-state index is 12.7. The minimum Gasteiger partial charge on any atom is -0.334 e. The van der Waals surface area contributed by atoms with Gasteiger partial charge in [0.25, 0.3) is 11.5 Å². The standard InChI is InChI=1S/C21H33N5O2/c1-16(2)26-20(27)9-8-19(22-26)21(28)25-14-18(15-25)24-12-10-23(11-13-24)17-6-4-3-5-7-17/h8-9,16-18H,3-7,10-15H2,1-2H3. The third kappa shape index (κ3) is 4.01. The van der Waals surface area contributed by atoms with E-state index in [0.29, 0.717) is 11.7 Å². The number of rotatable bonds is 4. The van der Waals surface area contributed by atoms with Crippen LogP contribution in [0.2, 0.25) is 0 Å². The van der Waals surface area contributed by atoms with Gasteiger partial charge >= 0.3 is 0 Å². The van der Waals surface area contributed by atoms with Crippen molar-refractivity contribution in [1.82, 2.24) is 24.5 Å². The zero-order valence-corrected chi connectivity index (χ0v) is 17.2. The Morgan fingerprint density at radius 2 is 1.57 bits per heavy atom. The number of hydrogen-bond donors (Lipinski definition) is 0. The number of carbonyl (C=O) groups is 1. The highest BCUT2D eigenvalue weighted by atomic mass is 16.2. The largest absolute Gasteiger partial charge is 0.334 e. The zero-order chi connectivity index (χ0) is 19.7. The molecule has 2 saturated heterocycles. The summed E-state index contributed by atoms with van der Waals surface area (Å²) in [6.45, 7) is 9.88. The fraction of sp³-hybridized carbons (Fsp3) is 0.762. The number of likely N-dealkylation sites (tertiary alicyclic amines) is 1. The van der Waals surface area contributed by atoms with Gasteiger partial charge in [-0.05, 0) is 32.8 Å². The zero-order valence-electron chi connectivity index (χ0n) is 17.2. The van der Waals surface area contributed by atoms with Crippen molar-refractivity contribution in [2.45, 2.75) is 64.1 Å². The van der Waals surface area contributed by atoms with Gasteiger partial charge in [0.15, 0.2) is 0 Å². The van der Waals surface area contributed by atoms with Crippen LogP contribution in [0.3, 0.4) is 0 Å². The SMILES string of the molecule is CC(C)n1nc(C(=O)N2CC(N3CCN(C4CCCCC4)CC3)C2)ccc1=O. The smallest absolute Gasteiger partial charge is 0.274 e. The fourth-order valence-electron chi connectivity index (χ4n) is 4.84. The van der Waals surface area contributed by atoms with Crippen molar-refractivity contribution in [1.29, 1.82) is 0 Å². The number of carbonyl (C=O) groups excluding carboxylic acids is 1. The molecule has 0 radical (unpaired) electrons. The molecule has 1 aliphatic carbocycles. The molecule has 7 heteroatoms.